The van der Waals surface area contributed by atoms with Crippen LogP contribution in [0.2, 0.25) is 0 Å². The first-order valence-electron chi connectivity index (χ1n) is 18.0. The Hall–Kier alpha value is -4.88. The van der Waals surface area contributed by atoms with Crippen molar-refractivity contribution in [3.63, 3.8) is 0 Å². The maximum Gasteiger partial charge on any atom is 0.327 e. The Labute approximate surface area is 335 Å². The van der Waals surface area contributed by atoms with Gasteiger partial charge in [0.2, 0.25) is 41.4 Å². The molecule has 0 saturated carbocycles. The van der Waals surface area contributed by atoms with E-state index in [9.17, 15) is 58.5 Å². The number of carboxylic acids is 2. The summed E-state index contributed by atoms with van der Waals surface area (Å²) in [6.45, 7) is 1.88. The number of fused-ring (bicyclic) bond motifs is 1. The average molecular weight is 848 g/mol. The van der Waals surface area contributed by atoms with Gasteiger partial charge in [-0.3, -0.25) is 43.3 Å². The minimum absolute atomic E-state index is 0.00827. The summed E-state index contributed by atoms with van der Waals surface area (Å²) in [7, 11) is 2.04. The summed E-state index contributed by atoms with van der Waals surface area (Å²) in [6, 6.07) is -9.74. The first-order valence-corrected chi connectivity index (χ1v) is 20.5. The molecule has 2 aliphatic heterocycles. The van der Waals surface area contributed by atoms with Gasteiger partial charge in [-0.1, -0.05) is 35.4 Å². The molecule has 0 radical (unpaired) electrons. The maximum absolute atomic E-state index is 13.5. The number of aliphatic carboxylic acids is 2. The Kier molecular flexibility index (Phi) is 20.3. The third-order valence-electron chi connectivity index (χ3n) is 8.52. The van der Waals surface area contributed by atoms with Crippen molar-refractivity contribution >= 4 is 80.8 Å². The highest BCUT2D eigenvalue weighted by Gasteiger charge is 2.40. The maximum atomic E-state index is 13.5. The summed E-state index contributed by atoms with van der Waals surface area (Å²) in [5, 5.41) is 43.5. The number of amides is 7. The Morgan fingerprint density at radius 1 is 0.842 bits per heavy atom. The summed E-state index contributed by atoms with van der Waals surface area (Å²) >= 11 is 0. The first kappa shape index (κ1) is 48.3. The lowest BCUT2D eigenvalue weighted by Gasteiger charge is -2.29. The van der Waals surface area contributed by atoms with E-state index in [-0.39, 0.29) is 62.2 Å². The Bertz CT molecular complexity index is 1520. The molecule has 2 fully saturated rings. The predicted molar refractivity (Wildman–Crippen MR) is 207 cm³/mol. The van der Waals surface area contributed by atoms with Crippen LogP contribution in [0.3, 0.4) is 0 Å². The van der Waals surface area contributed by atoms with Crippen molar-refractivity contribution in [2.75, 3.05) is 37.7 Å². The van der Waals surface area contributed by atoms with Crippen LogP contribution in [0, 0.1) is 5.92 Å². The van der Waals surface area contributed by atoms with Crippen molar-refractivity contribution in [1.29, 1.82) is 0 Å². The Balaban J connectivity index is 2.45. The molecule has 7 atom stereocenters. The Morgan fingerprint density at radius 3 is 2.09 bits per heavy atom. The van der Waals surface area contributed by atoms with Gasteiger partial charge in [0.05, 0.1) is 25.6 Å². The summed E-state index contributed by atoms with van der Waals surface area (Å²) in [6.07, 6.45) is -0.265. The number of nitrogens with two attached hydrogens (primary N) is 3. The van der Waals surface area contributed by atoms with E-state index in [1.54, 1.807) is 13.8 Å². The number of rotatable bonds is 10. The van der Waals surface area contributed by atoms with E-state index in [0.717, 1.165) is 26.5 Å². The molecule has 0 aromatic heterocycles. The smallest absolute Gasteiger partial charge is 0.327 e. The second-order valence-corrected chi connectivity index (χ2v) is 16.2. The summed E-state index contributed by atoms with van der Waals surface area (Å²) in [5.41, 5.74) is 16.9. The number of carbonyl (C=O) groups excluding carboxylic acids is 7. The van der Waals surface area contributed by atoms with Crippen LogP contribution in [0.25, 0.3) is 0 Å². The van der Waals surface area contributed by atoms with Gasteiger partial charge in [0.1, 0.15) is 36.3 Å². The fourth-order valence-corrected chi connectivity index (χ4v) is 7.94. The van der Waals surface area contributed by atoms with E-state index in [0.29, 0.717) is 6.42 Å². The molecule has 2 aliphatic rings. The van der Waals surface area contributed by atoms with Crippen molar-refractivity contribution in [3.8, 4) is 0 Å². The van der Waals surface area contributed by atoms with Gasteiger partial charge in [-0.05, 0) is 38.0 Å². The van der Waals surface area contributed by atoms with E-state index in [1.165, 1.54) is 0 Å². The number of carboxylic acid groups (broad SMARTS) is 2. The molecule has 15 N–H and O–H groups in total. The van der Waals surface area contributed by atoms with Crippen molar-refractivity contribution in [2.24, 2.45) is 28.1 Å². The molecule has 7 amide bonds. The molecule has 57 heavy (non-hydrogen) atoms. The van der Waals surface area contributed by atoms with Crippen molar-refractivity contribution < 1.29 is 58.5 Å². The van der Waals surface area contributed by atoms with Crippen LogP contribution in [-0.4, -0.2) is 160 Å². The zero-order valence-corrected chi connectivity index (χ0v) is 33.2. The average Bonchev–Trinajstić information content (AvgIpc) is 3.63. The van der Waals surface area contributed by atoms with Gasteiger partial charge in [0.15, 0.2) is 5.96 Å². The first-order chi connectivity index (χ1) is 26.8. The van der Waals surface area contributed by atoms with Gasteiger partial charge in [0, 0.05) is 24.6 Å². The normalized spacial score (nSPS) is 26.9. The van der Waals surface area contributed by atoms with Crippen molar-refractivity contribution in [2.45, 2.75) is 94.7 Å². The van der Waals surface area contributed by atoms with Gasteiger partial charge in [-0.2, -0.15) is 0 Å². The lowest BCUT2D eigenvalue weighted by Crippen LogP contribution is -2.59. The van der Waals surface area contributed by atoms with E-state index in [1.807, 2.05) is 0 Å². The molecule has 23 nitrogen and oxygen atoms in total. The molecule has 25 heteroatoms. The molecule has 2 rings (SSSR count). The number of carbonyl (C=O) groups is 9. The number of guanidine groups is 1. The number of aliphatic hydroxyl groups excluding tert-OH is 1. The summed E-state index contributed by atoms with van der Waals surface area (Å²) < 4.78 is 0. The molecule has 2 heterocycles. The zero-order valence-electron chi connectivity index (χ0n) is 31.6. The number of nitrogens with one attached hydrogen (secondary N) is 6. The van der Waals surface area contributed by atoms with Crippen LogP contribution < -0.4 is 49.1 Å². The van der Waals surface area contributed by atoms with Crippen molar-refractivity contribution in [3.05, 3.63) is 0 Å². The standard InChI is InChI=1S/C32H53N11O12S2/c1-15(2)9-18-27(50)39-17(5-3-7-36-32(34)35)26(49)37-11-23(45)38-19(10-24(46)47)28(51)41-20(12-44)30(53)43-8-4-6-22(43)29(52)42-21(31(54)55)14-57-56-13-16(33)25(48)40-18/h15-22,44H,3-14,33H2,1-2H3,(H,37,49)(H,38,45)(H,39,50)(H,40,48)(H,41,51)(H,42,52)(H,46,47)(H,54,55)(H4,34,35,36)/t16-,17-,18-,19-,20-,21-,22-/m0/s1. The highest BCUT2D eigenvalue weighted by molar-refractivity contribution is 8.76. The fourth-order valence-electron chi connectivity index (χ4n) is 5.66. The van der Waals surface area contributed by atoms with E-state index >= 15 is 0 Å². The van der Waals surface area contributed by atoms with Crippen LogP contribution in [0.4, 0.5) is 0 Å². The monoisotopic (exact) mass is 847 g/mol. The topological polar surface area (TPSA) is 380 Å². The van der Waals surface area contributed by atoms with Crippen LogP contribution in [-0.2, 0) is 43.2 Å². The number of hydrogen-bond donors (Lipinski definition) is 12. The number of hydrogen-bond acceptors (Lipinski definition) is 14. The number of aliphatic imine (C=N–C) groups is 1. The van der Waals surface area contributed by atoms with Gasteiger partial charge >= 0.3 is 11.9 Å². The summed E-state index contributed by atoms with van der Waals surface area (Å²) in [5.74, 6) is -9.77. The second kappa shape index (κ2) is 24.0. The van der Waals surface area contributed by atoms with Gasteiger partial charge in [-0.25, -0.2) is 4.79 Å². The number of aliphatic hydroxyl groups is 1. The molecule has 0 bridgehead atoms. The predicted octanol–water partition coefficient (Wildman–Crippen LogP) is -5.11. The van der Waals surface area contributed by atoms with Crippen LogP contribution in [0.5, 0.6) is 0 Å². The fraction of sp³-hybridized carbons (Fsp3) is 0.688. The quantitative estimate of drug-likeness (QED) is 0.0423. The molecule has 0 unspecified atom stereocenters. The summed E-state index contributed by atoms with van der Waals surface area (Å²) in [4.78, 5) is 121. The Morgan fingerprint density at radius 2 is 1.47 bits per heavy atom. The molecular formula is C32H53N11O12S2. The van der Waals surface area contributed by atoms with Gasteiger partial charge in [0.25, 0.3) is 0 Å². The molecule has 0 aromatic rings. The van der Waals surface area contributed by atoms with Gasteiger partial charge in [-0.15, -0.1) is 0 Å². The van der Waals surface area contributed by atoms with Crippen LogP contribution in [0.15, 0.2) is 4.99 Å². The lowest BCUT2D eigenvalue weighted by molar-refractivity contribution is -0.145. The largest absolute Gasteiger partial charge is 0.481 e. The van der Waals surface area contributed by atoms with Crippen LogP contribution >= 0.6 is 21.6 Å². The molecule has 2 saturated heterocycles. The minimum Gasteiger partial charge on any atom is -0.481 e. The highest BCUT2D eigenvalue weighted by Crippen LogP contribution is 2.24. The van der Waals surface area contributed by atoms with E-state index < -0.39 is 115 Å². The SMILES string of the molecule is CC(C)C[C@@H]1NC(=O)[C@@H](N)CSSC[C@@H](C(=O)O)NC(=O)[C@@H]2CCCN2C(=O)[C@H](CO)NC(=O)[C@H](CC(=O)O)NC(=O)CNC(=O)[C@H](CCCN=C(N)N)NC1=O. The minimum atomic E-state index is -1.81. The van der Waals surface area contributed by atoms with E-state index in [2.05, 4.69) is 36.9 Å². The highest BCUT2D eigenvalue weighted by atomic mass is 33.1. The third kappa shape index (κ3) is 16.6. The molecular weight excluding hydrogens is 795 g/mol. The van der Waals surface area contributed by atoms with E-state index in [4.69, 9.17) is 17.2 Å². The molecule has 0 aromatic carbocycles. The second-order valence-electron chi connectivity index (χ2n) is 13.6. The molecule has 0 aliphatic carbocycles. The van der Waals surface area contributed by atoms with Crippen molar-refractivity contribution in [1.82, 2.24) is 36.8 Å². The van der Waals surface area contributed by atoms with Crippen LogP contribution in [0.1, 0.15) is 52.4 Å². The third-order valence-corrected chi connectivity index (χ3v) is 11.0. The molecule has 320 valence electrons. The molecule has 0 spiro atoms. The number of nitrogens with zero attached hydrogens (tertiary/aromatic N) is 2. The van der Waals surface area contributed by atoms with Gasteiger partial charge < -0.3 is 69.3 Å². The lowest BCUT2D eigenvalue weighted by atomic mass is 10.0. The zero-order chi connectivity index (χ0) is 42.8.